The van der Waals surface area contributed by atoms with E-state index in [2.05, 4.69) is 199 Å². The van der Waals surface area contributed by atoms with Gasteiger partial charge in [-0.3, -0.25) is 0 Å². The fourth-order valence-corrected chi connectivity index (χ4v) is 7.08. The molecule has 0 bridgehead atoms. The maximum absolute atomic E-state index is 6.74. The molecule has 0 fully saturated rings. The number of anilines is 4. The summed E-state index contributed by atoms with van der Waals surface area (Å²) in [6.45, 7) is 22.3. The van der Waals surface area contributed by atoms with Crippen LogP contribution < -0.4 is 14.5 Å². The Morgan fingerprint density at radius 3 is 1.96 bits per heavy atom. The normalized spacial score (nSPS) is 13.4. The van der Waals surface area contributed by atoms with E-state index in [4.69, 9.17) is 9.72 Å². The number of benzene rings is 5. The van der Waals surface area contributed by atoms with E-state index in [0.29, 0.717) is 11.5 Å². The van der Waals surface area contributed by atoms with Crippen LogP contribution in [0.3, 0.4) is 0 Å². The van der Waals surface area contributed by atoms with Crippen molar-refractivity contribution in [3.63, 3.8) is 0 Å². The Bertz CT molecular complexity index is 2490. The third-order valence-corrected chi connectivity index (χ3v) is 10.2. The van der Waals surface area contributed by atoms with Crippen molar-refractivity contribution in [1.29, 1.82) is 0 Å². The van der Waals surface area contributed by atoms with Crippen molar-refractivity contribution in [3.8, 4) is 17.3 Å². The smallest absolute Gasteiger partial charge is 0.135 e. The van der Waals surface area contributed by atoms with Crippen LogP contribution in [0, 0.1) is 18.8 Å². The Kier molecular flexibility index (Phi) is 9.55. The number of hydrogen-bond donors (Lipinski definition) is 0. The molecule has 2 aromatic heterocycles. The van der Waals surface area contributed by atoms with Crippen LogP contribution >= 0.6 is 0 Å². The first-order valence-electron chi connectivity index (χ1n) is 18.5. The molecule has 6 heteroatoms. The molecule has 0 atom stereocenters. The van der Waals surface area contributed by atoms with Crippen LogP contribution in [0.15, 0.2) is 115 Å². The van der Waals surface area contributed by atoms with E-state index < -0.39 is 0 Å². The van der Waals surface area contributed by atoms with E-state index in [1.807, 2.05) is 12.3 Å². The second-order valence-corrected chi connectivity index (χ2v) is 17.2. The van der Waals surface area contributed by atoms with E-state index >= 15 is 0 Å². The third-order valence-electron chi connectivity index (χ3n) is 10.2. The molecule has 0 N–H and O–H groups in total. The van der Waals surface area contributed by atoms with Crippen molar-refractivity contribution >= 4 is 44.6 Å². The molecule has 0 unspecified atom stereocenters. The SMILES string of the molecule is CC(C)(C)c1cc(Oc2[c-]c3c(cc2)c2ccccc2n3-c2cc(C(C)(C)C)ccn2)[c-]c(N2[CH-]N(c3cccc(C(C)(C)C)c3)c3ccccc32)c1.[Pt]. The van der Waals surface area contributed by atoms with E-state index in [1.165, 1.54) is 11.1 Å². The van der Waals surface area contributed by atoms with Gasteiger partial charge in [-0.05, 0) is 75.2 Å². The fraction of sp³-hybridized carbons (Fsp3) is 0.250. The molecule has 278 valence electrons. The minimum atomic E-state index is -0.133. The van der Waals surface area contributed by atoms with Crippen LogP contribution in [0.5, 0.6) is 11.5 Å². The molecule has 54 heavy (non-hydrogen) atoms. The van der Waals surface area contributed by atoms with Crippen LogP contribution in [0.2, 0.25) is 0 Å². The molecule has 0 radical (unpaired) electrons. The third kappa shape index (κ3) is 6.95. The van der Waals surface area contributed by atoms with Gasteiger partial charge in [0.05, 0.1) is 0 Å². The van der Waals surface area contributed by atoms with Gasteiger partial charge in [-0.2, -0.15) is 6.07 Å². The van der Waals surface area contributed by atoms with Crippen LogP contribution in [0.4, 0.5) is 22.7 Å². The Labute approximate surface area is 334 Å². The van der Waals surface area contributed by atoms with Crippen molar-refractivity contribution in [2.75, 3.05) is 9.80 Å². The summed E-state index contributed by atoms with van der Waals surface area (Å²) in [6, 6.07) is 45.9. The molecular weight excluding hydrogens is 844 g/mol. The van der Waals surface area contributed by atoms with Gasteiger partial charge in [0.1, 0.15) is 5.82 Å². The number of para-hydroxylation sites is 3. The summed E-state index contributed by atoms with van der Waals surface area (Å²) in [6.07, 6.45) is 1.90. The fourth-order valence-electron chi connectivity index (χ4n) is 7.08. The topological polar surface area (TPSA) is 33.5 Å². The molecule has 8 rings (SSSR count). The molecule has 0 aliphatic carbocycles. The van der Waals surface area contributed by atoms with Crippen LogP contribution in [0.1, 0.15) is 79.0 Å². The van der Waals surface area contributed by atoms with E-state index in [-0.39, 0.29) is 37.3 Å². The Balaban J connectivity index is 0.00000450. The zero-order valence-corrected chi connectivity index (χ0v) is 34.8. The van der Waals surface area contributed by atoms with Crippen LogP contribution in [0.25, 0.3) is 27.6 Å². The summed E-state index contributed by atoms with van der Waals surface area (Å²) in [5.74, 6) is 2.12. The number of fused-ring (bicyclic) bond motifs is 4. The van der Waals surface area contributed by atoms with E-state index in [1.54, 1.807) is 0 Å². The quantitative estimate of drug-likeness (QED) is 0.161. The number of ether oxygens (including phenoxy) is 1. The van der Waals surface area contributed by atoms with Crippen molar-refractivity contribution in [2.45, 2.75) is 78.6 Å². The number of hydrogen-bond acceptors (Lipinski definition) is 4. The Morgan fingerprint density at radius 2 is 1.24 bits per heavy atom. The van der Waals surface area contributed by atoms with Gasteiger partial charge >= 0.3 is 0 Å². The summed E-state index contributed by atoms with van der Waals surface area (Å²) in [7, 11) is 0. The van der Waals surface area contributed by atoms with Crippen molar-refractivity contribution in [2.24, 2.45) is 0 Å². The minimum absolute atomic E-state index is 0. The van der Waals surface area contributed by atoms with Gasteiger partial charge in [-0.1, -0.05) is 110 Å². The predicted molar refractivity (Wildman–Crippen MR) is 220 cm³/mol. The zero-order valence-electron chi connectivity index (χ0n) is 32.6. The average molecular weight is 891 g/mol. The second kappa shape index (κ2) is 13.8. The van der Waals surface area contributed by atoms with Gasteiger partial charge in [0.15, 0.2) is 0 Å². The maximum Gasteiger partial charge on any atom is 0.135 e. The van der Waals surface area contributed by atoms with Crippen molar-refractivity contribution < 1.29 is 25.8 Å². The first-order valence-corrected chi connectivity index (χ1v) is 18.5. The van der Waals surface area contributed by atoms with Gasteiger partial charge in [0, 0.05) is 61.3 Å². The van der Waals surface area contributed by atoms with Gasteiger partial charge in [0.2, 0.25) is 0 Å². The zero-order chi connectivity index (χ0) is 37.3. The number of pyridine rings is 1. The summed E-state index contributed by atoms with van der Waals surface area (Å²) in [4.78, 5) is 9.34. The number of aromatic nitrogens is 2. The Morgan fingerprint density at radius 1 is 0.574 bits per heavy atom. The predicted octanol–water partition coefficient (Wildman–Crippen LogP) is 12.9. The molecule has 1 aliphatic rings. The van der Waals surface area contributed by atoms with E-state index in [9.17, 15) is 0 Å². The maximum atomic E-state index is 6.74. The summed E-state index contributed by atoms with van der Waals surface area (Å²) < 4.78 is 8.94. The first kappa shape index (κ1) is 37.5. The average Bonchev–Trinajstić information content (AvgIpc) is 3.67. The summed E-state index contributed by atoms with van der Waals surface area (Å²) >= 11 is 0. The molecule has 7 aromatic rings. The summed E-state index contributed by atoms with van der Waals surface area (Å²) in [5.41, 5.74) is 9.80. The van der Waals surface area contributed by atoms with Crippen molar-refractivity contribution in [3.05, 3.63) is 151 Å². The van der Waals surface area contributed by atoms with Crippen LogP contribution in [-0.2, 0) is 37.3 Å². The van der Waals surface area contributed by atoms with Gasteiger partial charge in [-0.15, -0.1) is 53.6 Å². The molecule has 1 aliphatic heterocycles. The molecule has 0 spiro atoms. The molecule has 3 heterocycles. The Hall–Kier alpha value is -4.86. The number of nitrogens with zero attached hydrogens (tertiary/aromatic N) is 4. The monoisotopic (exact) mass is 890 g/mol. The molecule has 0 amide bonds. The molecule has 0 saturated heterocycles. The van der Waals surface area contributed by atoms with Crippen LogP contribution in [-0.4, -0.2) is 9.55 Å². The van der Waals surface area contributed by atoms with Gasteiger partial charge in [0.25, 0.3) is 0 Å². The molecule has 0 saturated carbocycles. The minimum Gasteiger partial charge on any atom is -0.509 e. The molecule has 5 nitrogen and oxygen atoms in total. The second-order valence-electron chi connectivity index (χ2n) is 17.2. The first-order chi connectivity index (χ1) is 25.1. The largest absolute Gasteiger partial charge is 0.509 e. The standard InChI is InChI=1S/C48H47N4O.Pt/c1-46(2,3)32-15-14-16-35(25-32)50-31-51(43-20-13-12-19-42(43)50)36-26-34(48(7,8)9)27-38(29-36)53-37-21-22-40-39-17-10-11-18-41(39)52(44(40)30-37)45-28-33(23-24-49-45)47(4,5)6;/h10-28,31H,1-9H3;/q-3;. The van der Waals surface area contributed by atoms with Gasteiger partial charge < -0.3 is 19.1 Å². The summed E-state index contributed by atoms with van der Waals surface area (Å²) in [5, 5.41) is 2.25. The molecular formula is C48H47N4OPt-3. The molecule has 5 aromatic carbocycles. The van der Waals surface area contributed by atoms with Gasteiger partial charge in [-0.25, -0.2) is 4.98 Å². The van der Waals surface area contributed by atoms with Crippen molar-refractivity contribution in [1.82, 2.24) is 9.55 Å². The number of rotatable bonds is 5. The van der Waals surface area contributed by atoms with E-state index in [0.717, 1.165) is 55.9 Å².